The number of hydrogen-bond acceptors (Lipinski definition) is 3. The highest BCUT2D eigenvalue weighted by molar-refractivity contribution is 7.90. The van der Waals surface area contributed by atoms with E-state index in [1.165, 1.54) is 12.5 Å². The zero-order valence-electron chi connectivity index (χ0n) is 12.4. The van der Waals surface area contributed by atoms with E-state index < -0.39 is 9.84 Å². The lowest BCUT2D eigenvalue weighted by atomic mass is 9.87. The van der Waals surface area contributed by atoms with E-state index in [9.17, 15) is 13.2 Å². The summed E-state index contributed by atoms with van der Waals surface area (Å²) in [6.07, 6.45) is 5.41. The van der Waals surface area contributed by atoms with Gasteiger partial charge in [-0.05, 0) is 30.9 Å². The average Bonchev–Trinajstić information content (AvgIpc) is 2.37. The van der Waals surface area contributed by atoms with Gasteiger partial charge in [-0.1, -0.05) is 31.9 Å². The van der Waals surface area contributed by atoms with Crippen LogP contribution in [0.4, 0.5) is 10.5 Å². The summed E-state index contributed by atoms with van der Waals surface area (Å²) < 4.78 is 23.4. The number of carbonyl (C=O) groups excluding carboxylic acids is 1. The highest BCUT2D eigenvalue weighted by atomic mass is 32.2. The van der Waals surface area contributed by atoms with Gasteiger partial charge in [0.25, 0.3) is 0 Å². The van der Waals surface area contributed by atoms with E-state index in [-0.39, 0.29) is 17.0 Å². The van der Waals surface area contributed by atoms with Gasteiger partial charge in [0.1, 0.15) is 0 Å². The number of urea groups is 1. The smallest absolute Gasteiger partial charge is 0.319 e. The van der Waals surface area contributed by atoms with E-state index in [1.807, 2.05) is 0 Å². The molecule has 116 valence electrons. The van der Waals surface area contributed by atoms with Crippen molar-refractivity contribution in [3.05, 3.63) is 24.3 Å². The molecule has 2 atom stereocenters. The molecule has 0 radical (unpaired) electrons. The molecule has 6 heteroatoms. The molecule has 0 aliphatic heterocycles. The van der Waals surface area contributed by atoms with Crippen LogP contribution < -0.4 is 10.6 Å². The summed E-state index contributed by atoms with van der Waals surface area (Å²) in [5.74, 6) is 0.618. The Kier molecular flexibility index (Phi) is 4.88. The fraction of sp³-hybridized carbons (Fsp3) is 0.533. The minimum absolute atomic E-state index is 0.136. The topological polar surface area (TPSA) is 75.3 Å². The summed E-state index contributed by atoms with van der Waals surface area (Å²) in [4.78, 5) is 12.2. The summed E-state index contributed by atoms with van der Waals surface area (Å²) in [5, 5.41) is 5.58. The predicted molar refractivity (Wildman–Crippen MR) is 83.1 cm³/mol. The predicted octanol–water partition coefficient (Wildman–Crippen LogP) is 2.79. The van der Waals surface area contributed by atoms with Crippen LogP contribution in [0.3, 0.4) is 0 Å². The van der Waals surface area contributed by atoms with Crippen LogP contribution in [0.1, 0.15) is 32.6 Å². The van der Waals surface area contributed by atoms with Crippen LogP contribution in [0.15, 0.2) is 29.2 Å². The third-order valence-corrected chi connectivity index (χ3v) is 4.96. The summed E-state index contributed by atoms with van der Waals surface area (Å²) >= 11 is 0. The van der Waals surface area contributed by atoms with Gasteiger partial charge in [-0.15, -0.1) is 0 Å². The van der Waals surface area contributed by atoms with Gasteiger partial charge in [0, 0.05) is 12.3 Å². The van der Waals surface area contributed by atoms with E-state index in [4.69, 9.17) is 0 Å². The van der Waals surface area contributed by atoms with Crippen LogP contribution in [0.5, 0.6) is 0 Å². The van der Waals surface area contributed by atoms with Gasteiger partial charge in [-0.2, -0.15) is 0 Å². The van der Waals surface area contributed by atoms with Crippen LogP contribution in [0.25, 0.3) is 0 Å². The molecule has 0 unspecified atom stereocenters. The maximum Gasteiger partial charge on any atom is 0.319 e. The van der Waals surface area contributed by atoms with Crippen molar-refractivity contribution in [1.82, 2.24) is 5.32 Å². The number of nitrogens with one attached hydrogen (secondary N) is 2. The van der Waals surface area contributed by atoms with E-state index in [0.717, 1.165) is 25.5 Å². The fourth-order valence-corrected chi connectivity index (χ4v) is 3.65. The number of amides is 2. The Balaban J connectivity index is 2.03. The number of rotatable bonds is 3. The van der Waals surface area contributed by atoms with Crippen molar-refractivity contribution in [3.8, 4) is 0 Å². The second-order valence-corrected chi connectivity index (χ2v) is 7.82. The van der Waals surface area contributed by atoms with Crippen LogP contribution in [0, 0.1) is 5.92 Å². The monoisotopic (exact) mass is 310 g/mol. The van der Waals surface area contributed by atoms with Crippen molar-refractivity contribution in [1.29, 1.82) is 0 Å². The molecule has 0 spiro atoms. The number of para-hydroxylation sites is 1. The molecule has 1 aromatic carbocycles. The SMILES string of the molecule is C[C@H]1CCC[C@H](NC(=O)Nc2ccccc2S(C)(=O)=O)C1. The lowest BCUT2D eigenvalue weighted by Gasteiger charge is -2.27. The molecule has 1 saturated carbocycles. The van der Waals surface area contributed by atoms with E-state index >= 15 is 0 Å². The summed E-state index contributed by atoms with van der Waals surface area (Å²) in [6, 6.07) is 6.26. The first-order valence-corrected chi connectivity index (χ1v) is 9.12. The third-order valence-electron chi connectivity index (χ3n) is 3.81. The zero-order chi connectivity index (χ0) is 15.5. The lowest BCUT2D eigenvalue weighted by molar-refractivity contribution is 0.238. The molecule has 2 amide bonds. The lowest BCUT2D eigenvalue weighted by Crippen LogP contribution is -2.40. The molecule has 1 aliphatic carbocycles. The maximum atomic E-state index is 12.0. The highest BCUT2D eigenvalue weighted by Crippen LogP contribution is 2.24. The normalized spacial score (nSPS) is 22.6. The van der Waals surface area contributed by atoms with E-state index in [2.05, 4.69) is 17.6 Å². The quantitative estimate of drug-likeness (QED) is 0.901. The van der Waals surface area contributed by atoms with Crippen LogP contribution in [0.2, 0.25) is 0 Å². The Labute approximate surface area is 126 Å². The van der Waals surface area contributed by atoms with Gasteiger partial charge >= 0.3 is 6.03 Å². The zero-order valence-corrected chi connectivity index (χ0v) is 13.2. The largest absolute Gasteiger partial charge is 0.335 e. The van der Waals surface area contributed by atoms with Crippen molar-refractivity contribution in [3.63, 3.8) is 0 Å². The number of benzene rings is 1. The molecular formula is C15H22N2O3S. The third kappa shape index (κ3) is 4.46. The summed E-state index contributed by atoms with van der Waals surface area (Å²) in [5.41, 5.74) is 0.321. The van der Waals surface area contributed by atoms with Crippen LogP contribution >= 0.6 is 0 Å². The molecule has 21 heavy (non-hydrogen) atoms. The molecular weight excluding hydrogens is 288 g/mol. The van der Waals surface area contributed by atoms with Gasteiger partial charge in [0.15, 0.2) is 9.84 Å². The Morgan fingerprint density at radius 2 is 1.95 bits per heavy atom. The minimum Gasteiger partial charge on any atom is -0.335 e. The number of anilines is 1. The van der Waals surface area contributed by atoms with Crippen LogP contribution in [-0.4, -0.2) is 26.7 Å². The van der Waals surface area contributed by atoms with Gasteiger partial charge in [0.2, 0.25) is 0 Å². The maximum absolute atomic E-state index is 12.0. The van der Waals surface area contributed by atoms with Gasteiger partial charge < -0.3 is 10.6 Å². The van der Waals surface area contributed by atoms with Crippen LogP contribution in [-0.2, 0) is 9.84 Å². The number of hydrogen-bond donors (Lipinski definition) is 2. The summed E-state index contributed by atoms with van der Waals surface area (Å²) in [7, 11) is -3.36. The molecule has 0 bridgehead atoms. The van der Waals surface area contributed by atoms with Crippen molar-refractivity contribution in [2.45, 2.75) is 43.5 Å². The number of sulfone groups is 1. The molecule has 2 N–H and O–H groups in total. The van der Waals surface area contributed by atoms with Gasteiger partial charge in [-0.3, -0.25) is 0 Å². The van der Waals surface area contributed by atoms with E-state index in [1.54, 1.807) is 18.2 Å². The molecule has 1 fully saturated rings. The molecule has 0 saturated heterocycles. The standard InChI is InChI=1S/C15H22N2O3S/c1-11-6-5-7-12(10-11)16-15(18)17-13-8-3-4-9-14(13)21(2,19)20/h3-4,8-9,11-12H,5-7,10H2,1-2H3,(H2,16,17,18)/t11-,12-/m0/s1. The summed E-state index contributed by atoms with van der Waals surface area (Å²) in [6.45, 7) is 2.19. The second-order valence-electron chi connectivity index (χ2n) is 5.84. The Bertz CT molecular complexity index is 613. The fourth-order valence-electron chi connectivity index (χ4n) is 2.80. The molecule has 0 aromatic heterocycles. The average molecular weight is 310 g/mol. The first-order valence-electron chi connectivity index (χ1n) is 7.23. The first-order chi connectivity index (χ1) is 9.86. The molecule has 1 aromatic rings. The molecule has 2 rings (SSSR count). The molecule has 5 nitrogen and oxygen atoms in total. The van der Waals surface area contributed by atoms with Crippen molar-refractivity contribution in [2.24, 2.45) is 5.92 Å². The highest BCUT2D eigenvalue weighted by Gasteiger charge is 2.21. The van der Waals surface area contributed by atoms with E-state index in [0.29, 0.717) is 11.6 Å². The minimum atomic E-state index is -3.36. The van der Waals surface area contributed by atoms with Gasteiger partial charge in [0.05, 0.1) is 10.6 Å². The Morgan fingerprint density at radius 1 is 1.24 bits per heavy atom. The molecule has 1 aliphatic rings. The van der Waals surface area contributed by atoms with Crippen molar-refractivity contribution < 1.29 is 13.2 Å². The van der Waals surface area contributed by atoms with Crippen molar-refractivity contribution >= 4 is 21.6 Å². The van der Waals surface area contributed by atoms with Crippen molar-refractivity contribution in [2.75, 3.05) is 11.6 Å². The Hall–Kier alpha value is -1.56. The number of carbonyl (C=O) groups is 1. The first kappa shape index (κ1) is 15.8. The second kappa shape index (κ2) is 6.47. The molecule has 0 heterocycles. The Morgan fingerprint density at radius 3 is 2.62 bits per heavy atom. The van der Waals surface area contributed by atoms with Gasteiger partial charge in [-0.25, -0.2) is 13.2 Å².